The molecule has 1 aliphatic heterocycles. The number of hydrogen-bond acceptors (Lipinski definition) is 2. The maximum atomic E-state index is 13.6. The fraction of sp³-hybridized carbons (Fsp3) is 0.0870. The Labute approximate surface area is 170 Å². The number of fused-ring (bicyclic) bond motifs is 2. The van der Waals surface area contributed by atoms with E-state index in [1.807, 2.05) is 72.8 Å². The van der Waals surface area contributed by atoms with Crippen LogP contribution in [0.5, 0.6) is 0 Å². The van der Waals surface area contributed by atoms with Crippen LogP contribution in [0, 0.1) is 0 Å². The molecule has 1 unspecified atom stereocenters. The van der Waals surface area contributed by atoms with E-state index >= 15 is 0 Å². The average Bonchev–Trinajstić information content (AvgIpc) is 3.24. The molecule has 0 radical (unpaired) electrons. The zero-order valence-electron chi connectivity index (χ0n) is 14.9. The Bertz CT molecular complexity index is 1200. The van der Waals surface area contributed by atoms with Gasteiger partial charge >= 0.3 is 0 Å². The molecule has 1 atom stereocenters. The minimum Gasteiger partial charge on any atom is -0.372 e. The van der Waals surface area contributed by atoms with Gasteiger partial charge in [0.2, 0.25) is 0 Å². The number of aromatic nitrogens is 1. The normalized spacial score (nSPS) is 18.6. The molecule has 1 amide bonds. The first kappa shape index (κ1) is 17.2. The Hall–Kier alpha value is -2.89. The van der Waals surface area contributed by atoms with Gasteiger partial charge in [-0.3, -0.25) is 4.79 Å². The van der Waals surface area contributed by atoms with E-state index in [2.05, 4.69) is 20.9 Å². The number of rotatable bonds is 3. The second-order valence-corrected chi connectivity index (χ2v) is 7.91. The third-order valence-corrected chi connectivity index (χ3v) is 5.85. The molecule has 0 fully saturated rings. The van der Waals surface area contributed by atoms with E-state index in [-0.39, 0.29) is 5.91 Å². The number of halogens is 1. The summed E-state index contributed by atoms with van der Waals surface area (Å²) in [4.78, 5) is 18.4. The molecule has 138 valence electrons. The molecule has 4 nitrogen and oxygen atoms in total. The Morgan fingerprint density at radius 3 is 2.54 bits per heavy atom. The quantitative estimate of drug-likeness (QED) is 0.492. The van der Waals surface area contributed by atoms with Crippen LogP contribution in [0.2, 0.25) is 0 Å². The molecule has 0 saturated carbocycles. The van der Waals surface area contributed by atoms with Gasteiger partial charge in [0.15, 0.2) is 5.60 Å². The van der Waals surface area contributed by atoms with Crippen LogP contribution in [0.25, 0.3) is 10.9 Å². The smallest absolute Gasteiger partial charge is 0.268 e. The van der Waals surface area contributed by atoms with Gasteiger partial charge in [-0.2, -0.15) is 0 Å². The summed E-state index contributed by atoms with van der Waals surface area (Å²) in [6.07, 6.45) is 1.74. The molecular formula is C23H17BrN2O2. The van der Waals surface area contributed by atoms with E-state index in [0.717, 1.165) is 26.6 Å². The van der Waals surface area contributed by atoms with Crippen LogP contribution in [0.1, 0.15) is 16.7 Å². The number of aliphatic hydroxyl groups is 1. The largest absolute Gasteiger partial charge is 0.372 e. The topological polar surface area (TPSA) is 56.3 Å². The predicted molar refractivity (Wildman–Crippen MR) is 113 cm³/mol. The van der Waals surface area contributed by atoms with Crippen LogP contribution in [0.15, 0.2) is 83.5 Å². The van der Waals surface area contributed by atoms with Crippen molar-refractivity contribution in [2.24, 2.45) is 0 Å². The second kappa shape index (κ2) is 6.33. The fourth-order valence-corrected chi connectivity index (χ4v) is 4.37. The van der Waals surface area contributed by atoms with E-state index in [1.165, 1.54) is 0 Å². The van der Waals surface area contributed by atoms with Crippen molar-refractivity contribution in [3.05, 3.63) is 100 Å². The van der Waals surface area contributed by atoms with Crippen molar-refractivity contribution in [1.29, 1.82) is 0 Å². The number of anilines is 1. The van der Waals surface area contributed by atoms with Gasteiger partial charge in [-0.15, -0.1) is 0 Å². The molecule has 0 spiro atoms. The van der Waals surface area contributed by atoms with Gasteiger partial charge < -0.3 is 15.0 Å². The number of carbonyl (C=O) groups is 1. The van der Waals surface area contributed by atoms with Crippen molar-refractivity contribution in [3.63, 3.8) is 0 Å². The van der Waals surface area contributed by atoms with Gasteiger partial charge in [0, 0.05) is 32.7 Å². The number of benzene rings is 3. The maximum Gasteiger partial charge on any atom is 0.268 e. The van der Waals surface area contributed by atoms with E-state index in [0.29, 0.717) is 17.7 Å². The number of nitrogens with one attached hydrogen (secondary N) is 1. The molecule has 5 rings (SSSR count). The second-order valence-electron chi connectivity index (χ2n) is 7.00. The van der Waals surface area contributed by atoms with Crippen molar-refractivity contribution in [1.82, 2.24) is 4.98 Å². The number of para-hydroxylation sites is 1. The van der Waals surface area contributed by atoms with E-state index < -0.39 is 5.60 Å². The van der Waals surface area contributed by atoms with Crippen LogP contribution < -0.4 is 4.90 Å². The minimum absolute atomic E-state index is 0.339. The standard InChI is InChI=1S/C23H17BrN2O2/c24-16-10-11-21-18(12-16)23(28,19-13-25-20-9-5-4-8-17(19)20)22(27)26(21)14-15-6-2-1-3-7-15/h1-13,25,28H,14H2. The minimum atomic E-state index is -1.74. The molecule has 2 N–H and O–H groups in total. The lowest BCUT2D eigenvalue weighted by molar-refractivity contribution is -0.132. The molecule has 2 heterocycles. The molecule has 5 heteroatoms. The first-order chi connectivity index (χ1) is 13.6. The first-order valence-electron chi connectivity index (χ1n) is 9.04. The molecule has 28 heavy (non-hydrogen) atoms. The lowest BCUT2D eigenvalue weighted by atomic mass is 9.87. The predicted octanol–water partition coefficient (Wildman–Crippen LogP) is 4.71. The summed E-state index contributed by atoms with van der Waals surface area (Å²) in [6.45, 7) is 0.402. The zero-order chi connectivity index (χ0) is 19.3. The van der Waals surface area contributed by atoms with Crippen LogP contribution in [-0.2, 0) is 16.9 Å². The van der Waals surface area contributed by atoms with Gasteiger partial charge in [0.05, 0.1) is 12.2 Å². The SMILES string of the molecule is O=C1N(Cc2ccccc2)c2ccc(Br)cc2C1(O)c1c[nH]c2ccccc12. The van der Waals surface area contributed by atoms with Crippen LogP contribution in [-0.4, -0.2) is 16.0 Å². The highest BCUT2D eigenvalue weighted by molar-refractivity contribution is 9.10. The third kappa shape index (κ3) is 2.44. The monoisotopic (exact) mass is 432 g/mol. The average molecular weight is 433 g/mol. The number of H-pyrrole nitrogens is 1. The highest BCUT2D eigenvalue weighted by Gasteiger charge is 2.52. The van der Waals surface area contributed by atoms with Crippen LogP contribution in [0.4, 0.5) is 5.69 Å². The van der Waals surface area contributed by atoms with Gasteiger partial charge in [-0.05, 0) is 29.8 Å². The van der Waals surface area contributed by atoms with Crippen molar-refractivity contribution in [3.8, 4) is 0 Å². The van der Waals surface area contributed by atoms with Crippen LogP contribution >= 0.6 is 15.9 Å². The summed E-state index contributed by atoms with van der Waals surface area (Å²) in [5, 5.41) is 12.6. The number of carbonyl (C=O) groups excluding carboxylic acids is 1. The Morgan fingerprint density at radius 1 is 0.964 bits per heavy atom. The van der Waals surface area contributed by atoms with E-state index in [4.69, 9.17) is 0 Å². The summed E-state index contributed by atoms with van der Waals surface area (Å²) < 4.78 is 0.818. The van der Waals surface area contributed by atoms with Crippen molar-refractivity contribution < 1.29 is 9.90 Å². The highest BCUT2D eigenvalue weighted by Crippen LogP contribution is 2.47. The lowest BCUT2D eigenvalue weighted by Gasteiger charge is -2.23. The van der Waals surface area contributed by atoms with Gasteiger partial charge in [-0.25, -0.2) is 0 Å². The Kier molecular flexibility index (Phi) is 3.89. The number of hydrogen-bond donors (Lipinski definition) is 2. The molecule has 1 aromatic heterocycles. The molecule has 1 aliphatic rings. The number of aromatic amines is 1. The molecule has 3 aromatic carbocycles. The fourth-order valence-electron chi connectivity index (χ4n) is 4.01. The Morgan fingerprint density at radius 2 is 1.71 bits per heavy atom. The first-order valence-corrected chi connectivity index (χ1v) is 9.83. The van der Waals surface area contributed by atoms with E-state index in [1.54, 1.807) is 11.1 Å². The highest BCUT2D eigenvalue weighted by atomic mass is 79.9. The van der Waals surface area contributed by atoms with Gasteiger partial charge in [0.25, 0.3) is 5.91 Å². The molecule has 0 aliphatic carbocycles. The van der Waals surface area contributed by atoms with Crippen molar-refractivity contribution >= 4 is 38.4 Å². The molecular weight excluding hydrogens is 416 g/mol. The Balaban J connectivity index is 1.71. The van der Waals surface area contributed by atoms with Crippen LogP contribution in [0.3, 0.4) is 0 Å². The molecule has 0 saturated heterocycles. The molecule has 4 aromatic rings. The lowest BCUT2D eigenvalue weighted by Crippen LogP contribution is -2.40. The number of amides is 1. The summed E-state index contributed by atoms with van der Waals surface area (Å²) in [5.41, 5.74) is 2.04. The van der Waals surface area contributed by atoms with Gasteiger partial charge in [-0.1, -0.05) is 64.5 Å². The zero-order valence-corrected chi connectivity index (χ0v) is 16.5. The third-order valence-electron chi connectivity index (χ3n) is 5.36. The maximum absolute atomic E-state index is 13.6. The van der Waals surface area contributed by atoms with Crippen molar-refractivity contribution in [2.45, 2.75) is 12.1 Å². The summed E-state index contributed by atoms with van der Waals surface area (Å²) in [7, 11) is 0. The van der Waals surface area contributed by atoms with Crippen molar-refractivity contribution in [2.75, 3.05) is 4.90 Å². The van der Waals surface area contributed by atoms with Gasteiger partial charge in [0.1, 0.15) is 0 Å². The summed E-state index contributed by atoms with van der Waals surface area (Å²) in [6, 6.07) is 23.1. The number of nitrogens with zero attached hydrogens (tertiary/aromatic N) is 1. The molecule has 0 bridgehead atoms. The summed E-state index contributed by atoms with van der Waals surface area (Å²) >= 11 is 3.49. The van der Waals surface area contributed by atoms with E-state index in [9.17, 15) is 9.90 Å². The summed E-state index contributed by atoms with van der Waals surface area (Å²) in [5.74, 6) is -0.339.